The van der Waals surface area contributed by atoms with Crippen LogP contribution in [0.4, 0.5) is 0 Å². The Morgan fingerprint density at radius 3 is 2.81 bits per heavy atom. The minimum atomic E-state index is -0.255. The van der Waals surface area contributed by atoms with E-state index in [0.717, 1.165) is 24.6 Å². The Morgan fingerprint density at radius 2 is 2.05 bits per heavy atom. The Morgan fingerprint density at radius 1 is 1.29 bits per heavy atom. The molecule has 1 aliphatic rings. The lowest BCUT2D eigenvalue weighted by Gasteiger charge is -2.13. The first-order chi connectivity index (χ1) is 10.3. The average Bonchev–Trinajstić information content (AvgIpc) is 3.13. The van der Waals surface area contributed by atoms with Gasteiger partial charge >= 0.3 is 0 Å². The summed E-state index contributed by atoms with van der Waals surface area (Å²) >= 11 is 0. The number of rotatable bonds is 6. The van der Waals surface area contributed by atoms with Crippen molar-refractivity contribution in [2.24, 2.45) is 5.92 Å². The van der Waals surface area contributed by atoms with E-state index in [1.807, 2.05) is 4.68 Å². The molecular weight excluding hydrogens is 260 g/mol. The lowest BCUT2D eigenvalue weighted by molar-refractivity contribution is 0.154. The molecule has 1 aromatic heterocycles. The highest BCUT2D eigenvalue weighted by Gasteiger charge is 2.18. The molecule has 0 amide bonds. The summed E-state index contributed by atoms with van der Waals surface area (Å²) in [6.45, 7) is 2.98. The van der Waals surface area contributed by atoms with Crippen molar-refractivity contribution < 1.29 is 5.11 Å². The Bertz CT molecular complexity index is 584. The van der Waals surface area contributed by atoms with Crippen LogP contribution in [-0.4, -0.2) is 21.0 Å². The molecule has 1 unspecified atom stereocenters. The zero-order valence-electron chi connectivity index (χ0n) is 13.0. The summed E-state index contributed by atoms with van der Waals surface area (Å²) in [5.74, 6) is 0.851. The number of benzene rings is 1. The highest BCUT2D eigenvalue weighted by atomic mass is 16.3. The number of fused-ring (bicyclic) bond motifs is 1. The zero-order valence-corrected chi connectivity index (χ0v) is 13.0. The molecule has 1 atom stereocenters. The van der Waals surface area contributed by atoms with E-state index in [1.165, 1.54) is 43.0 Å². The zero-order chi connectivity index (χ0) is 14.7. The molecule has 1 aliphatic carbocycles. The van der Waals surface area contributed by atoms with Crippen LogP contribution in [0, 0.1) is 5.92 Å². The summed E-state index contributed by atoms with van der Waals surface area (Å²) in [6, 6.07) is 8.34. The number of aliphatic hydroxyl groups excluding tert-OH is 1. The fraction of sp³-hybridized carbons (Fsp3) is 0.611. The van der Waals surface area contributed by atoms with Crippen LogP contribution in [0.3, 0.4) is 0 Å². The van der Waals surface area contributed by atoms with E-state index in [0.29, 0.717) is 6.42 Å². The van der Waals surface area contributed by atoms with Crippen molar-refractivity contribution in [3.63, 3.8) is 0 Å². The van der Waals surface area contributed by atoms with Gasteiger partial charge in [-0.3, -0.25) is 4.68 Å². The Balaban J connectivity index is 1.66. The SMILES string of the molecule is CCn1nc(CC(O)CCC2CCCC2)c2ccccc21. The third-order valence-corrected chi connectivity index (χ3v) is 4.85. The van der Waals surface area contributed by atoms with Gasteiger partial charge in [-0.1, -0.05) is 43.9 Å². The molecule has 1 saturated carbocycles. The number of aromatic nitrogens is 2. The number of para-hydroxylation sites is 1. The predicted molar refractivity (Wildman–Crippen MR) is 86.3 cm³/mol. The molecule has 0 saturated heterocycles. The van der Waals surface area contributed by atoms with E-state index >= 15 is 0 Å². The standard InChI is InChI=1S/C18H26N2O/c1-2-20-18-10-6-5-9-16(18)17(19-20)13-15(21)12-11-14-7-3-4-8-14/h5-6,9-10,14-15,21H,2-4,7-8,11-13H2,1H3. The number of hydrogen-bond acceptors (Lipinski definition) is 2. The summed E-state index contributed by atoms with van der Waals surface area (Å²) < 4.78 is 2.04. The maximum Gasteiger partial charge on any atom is 0.0729 e. The molecule has 2 aromatic rings. The van der Waals surface area contributed by atoms with Crippen molar-refractivity contribution in [1.82, 2.24) is 9.78 Å². The van der Waals surface area contributed by atoms with Crippen LogP contribution in [0.5, 0.6) is 0 Å². The second-order valence-electron chi connectivity index (χ2n) is 6.37. The number of aryl methyl sites for hydroxylation is 1. The van der Waals surface area contributed by atoms with Gasteiger partial charge < -0.3 is 5.11 Å². The topological polar surface area (TPSA) is 38.0 Å². The second kappa shape index (κ2) is 6.61. The predicted octanol–water partition coefficient (Wildman–Crippen LogP) is 3.93. The van der Waals surface area contributed by atoms with Crippen molar-refractivity contribution in [3.05, 3.63) is 30.0 Å². The first-order valence-electron chi connectivity index (χ1n) is 8.40. The van der Waals surface area contributed by atoms with Gasteiger partial charge in [0, 0.05) is 18.4 Å². The summed E-state index contributed by atoms with van der Waals surface area (Å²) in [4.78, 5) is 0. The monoisotopic (exact) mass is 286 g/mol. The van der Waals surface area contributed by atoms with Crippen LogP contribution in [0.1, 0.15) is 51.1 Å². The molecule has 114 valence electrons. The third-order valence-electron chi connectivity index (χ3n) is 4.85. The van der Waals surface area contributed by atoms with Crippen molar-refractivity contribution >= 4 is 10.9 Å². The Labute approximate surface area is 127 Å². The molecule has 3 heteroatoms. The van der Waals surface area contributed by atoms with Crippen LogP contribution in [0.25, 0.3) is 10.9 Å². The van der Waals surface area contributed by atoms with Gasteiger partial charge in [0.25, 0.3) is 0 Å². The Kier molecular flexibility index (Phi) is 4.59. The quantitative estimate of drug-likeness (QED) is 0.873. The van der Waals surface area contributed by atoms with Gasteiger partial charge in [-0.05, 0) is 31.7 Å². The largest absolute Gasteiger partial charge is 0.393 e. The Hall–Kier alpha value is -1.35. The van der Waals surface area contributed by atoms with Gasteiger partial charge in [0.05, 0.1) is 17.3 Å². The van der Waals surface area contributed by atoms with E-state index < -0.39 is 0 Å². The minimum absolute atomic E-state index is 0.255. The van der Waals surface area contributed by atoms with Crippen molar-refractivity contribution in [3.8, 4) is 0 Å². The highest BCUT2D eigenvalue weighted by Crippen LogP contribution is 2.29. The van der Waals surface area contributed by atoms with Crippen LogP contribution >= 0.6 is 0 Å². The van der Waals surface area contributed by atoms with Gasteiger partial charge in [0.1, 0.15) is 0 Å². The van der Waals surface area contributed by atoms with Gasteiger partial charge in [-0.15, -0.1) is 0 Å². The maximum absolute atomic E-state index is 10.4. The van der Waals surface area contributed by atoms with Crippen LogP contribution < -0.4 is 0 Å². The molecule has 21 heavy (non-hydrogen) atoms. The second-order valence-corrected chi connectivity index (χ2v) is 6.37. The van der Waals surface area contributed by atoms with E-state index in [2.05, 4.69) is 36.3 Å². The summed E-state index contributed by atoms with van der Waals surface area (Å²) in [5.41, 5.74) is 2.23. The number of aliphatic hydroxyl groups is 1. The molecule has 0 aliphatic heterocycles. The van der Waals surface area contributed by atoms with Gasteiger partial charge in [0.15, 0.2) is 0 Å². The highest BCUT2D eigenvalue weighted by molar-refractivity contribution is 5.81. The molecule has 3 rings (SSSR count). The maximum atomic E-state index is 10.4. The van der Waals surface area contributed by atoms with E-state index in [4.69, 9.17) is 0 Å². The van der Waals surface area contributed by atoms with Gasteiger partial charge in [-0.2, -0.15) is 5.10 Å². The summed E-state index contributed by atoms with van der Waals surface area (Å²) in [7, 11) is 0. The van der Waals surface area contributed by atoms with E-state index in [1.54, 1.807) is 0 Å². The van der Waals surface area contributed by atoms with E-state index in [9.17, 15) is 5.11 Å². The van der Waals surface area contributed by atoms with Crippen molar-refractivity contribution in [2.45, 2.75) is 64.5 Å². The molecule has 0 radical (unpaired) electrons. The number of nitrogens with zero attached hydrogens (tertiary/aromatic N) is 2. The van der Waals surface area contributed by atoms with Crippen LogP contribution in [-0.2, 0) is 13.0 Å². The van der Waals surface area contributed by atoms with E-state index in [-0.39, 0.29) is 6.10 Å². The molecule has 0 bridgehead atoms. The average molecular weight is 286 g/mol. The van der Waals surface area contributed by atoms with Crippen molar-refractivity contribution in [1.29, 1.82) is 0 Å². The molecule has 1 aromatic carbocycles. The summed E-state index contributed by atoms with van der Waals surface area (Å²) in [5, 5.41) is 16.2. The third kappa shape index (κ3) is 3.29. The van der Waals surface area contributed by atoms with Crippen LogP contribution in [0.2, 0.25) is 0 Å². The lowest BCUT2D eigenvalue weighted by atomic mass is 9.97. The molecular formula is C18H26N2O. The summed E-state index contributed by atoms with van der Waals surface area (Å²) in [6.07, 6.45) is 8.00. The first-order valence-corrected chi connectivity index (χ1v) is 8.40. The fourth-order valence-electron chi connectivity index (χ4n) is 3.64. The number of hydrogen-bond donors (Lipinski definition) is 1. The smallest absolute Gasteiger partial charge is 0.0729 e. The molecule has 3 nitrogen and oxygen atoms in total. The van der Waals surface area contributed by atoms with Crippen molar-refractivity contribution in [2.75, 3.05) is 0 Å². The van der Waals surface area contributed by atoms with Gasteiger partial charge in [0.2, 0.25) is 0 Å². The molecule has 1 fully saturated rings. The first kappa shape index (κ1) is 14.6. The minimum Gasteiger partial charge on any atom is -0.393 e. The normalized spacial score (nSPS) is 17.6. The lowest BCUT2D eigenvalue weighted by Crippen LogP contribution is -2.13. The van der Waals surface area contributed by atoms with Crippen LogP contribution in [0.15, 0.2) is 24.3 Å². The molecule has 0 spiro atoms. The molecule has 1 N–H and O–H groups in total. The fourth-order valence-corrected chi connectivity index (χ4v) is 3.64. The molecule has 1 heterocycles. The van der Waals surface area contributed by atoms with Gasteiger partial charge in [-0.25, -0.2) is 0 Å².